The second-order valence-corrected chi connectivity index (χ2v) is 6.40. The van der Waals surface area contributed by atoms with Crippen LogP contribution in [-0.2, 0) is 4.79 Å². The molecule has 3 nitrogen and oxygen atoms in total. The number of amides is 1. The highest BCUT2D eigenvalue weighted by atomic mass is 79.9. The van der Waals surface area contributed by atoms with Crippen molar-refractivity contribution in [1.82, 2.24) is 4.98 Å². The predicted octanol–water partition coefficient (Wildman–Crippen LogP) is 5.70. The van der Waals surface area contributed by atoms with Gasteiger partial charge < -0.3 is 5.32 Å². The number of rotatable bonds is 11. The zero-order valence-electron chi connectivity index (χ0n) is 13.0. The molecule has 1 aromatic heterocycles. The fraction of sp³-hybridized carbons (Fsp3) is 0.647. The molecular formula is C17H27BrN2O. The van der Waals surface area contributed by atoms with E-state index >= 15 is 0 Å². The van der Waals surface area contributed by atoms with E-state index in [-0.39, 0.29) is 5.91 Å². The number of halogens is 1. The molecule has 0 aromatic carbocycles. The number of anilines is 1. The summed E-state index contributed by atoms with van der Waals surface area (Å²) in [4.78, 5) is 15.9. The van der Waals surface area contributed by atoms with Gasteiger partial charge in [-0.1, -0.05) is 58.3 Å². The fourth-order valence-corrected chi connectivity index (χ4v) is 2.49. The Morgan fingerprint density at radius 1 is 1.05 bits per heavy atom. The topological polar surface area (TPSA) is 42.0 Å². The molecule has 0 bridgehead atoms. The van der Waals surface area contributed by atoms with Gasteiger partial charge in [-0.15, -0.1) is 0 Å². The van der Waals surface area contributed by atoms with E-state index < -0.39 is 0 Å². The van der Waals surface area contributed by atoms with Gasteiger partial charge in [0.05, 0.1) is 0 Å². The fourth-order valence-electron chi connectivity index (χ4n) is 2.25. The van der Waals surface area contributed by atoms with Gasteiger partial charge in [0.1, 0.15) is 5.82 Å². The number of nitrogens with zero attached hydrogens (tertiary/aromatic N) is 1. The molecule has 4 heteroatoms. The van der Waals surface area contributed by atoms with Gasteiger partial charge in [-0.2, -0.15) is 0 Å². The summed E-state index contributed by atoms with van der Waals surface area (Å²) < 4.78 is 0.916. The number of hydrogen-bond donors (Lipinski definition) is 1. The SMILES string of the molecule is CCCCCCCCCCCC(=O)Nc1ccc(Br)cn1. The maximum Gasteiger partial charge on any atom is 0.225 e. The average Bonchev–Trinajstić information content (AvgIpc) is 2.48. The molecule has 1 amide bonds. The summed E-state index contributed by atoms with van der Waals surface area (Å²) in [5.41, 5.74) is 0. The number of hydrogen-bond acceptors (Lipinski definition) is 2. The van der Waals surface area contributed by atoms with Crippen LogP contribution in [0.2, 0.25) is 0 Å². The molecule has 0 aliphatic rings. The molecular weight excluding hydrogens is 328 g/mol. The first-order valence-corrected chi connectivity index (χ1v) is 8.93. The lowest BCUT2D eigenvalue weighted by atomic mass is 10.1. The largest absolute Gasteiger partial charge is 0.311 e. The van der Waals surface area contributed by atoms with Crippen LogP contribution in [0.1, 0.15) is 71.1 Å². The van der Waals surface area contributed by atoms with E-state index in [1.807, 2.05) is 6.07 Å². The Labute approximate surface area is 137 Å². The van der Waals surface area contributed by atoms with E-state index in [1.54, 1.807) is 12.3 Å². The third-order valence-corrected chi connectivity index (χ3v) is 3.97. The molecule has 118 valence electrons. The second kappa shape index (κ2) is 11.7. The zero-order chi connectivity index (χ0) is 15.3. The van der Waals surface area contributed by atoms with Crippen LogP contribution in [0.15, 0.2) is 22.8 Å². The summed E-state index contributed by atoms with van der Waals surface area (Å²) in [7, 11) is 0. The van der Waals surface area contributed by atoms with Gasteiger partial charge in [-0.05, 0) is 34.5 Å². The second-order valence-electron chi connectivity index (χ2n) is 5.49. The van der Waals surface area contributed by atoms with Crippen molar-refractivity contribution in [1.29, 1.82) is 0 Å². The number of unbranched alkanes of at least 4 members (excludes halogenated alkanes) is 8. The number of aromatic nitrogens is 1. The minimum atomic E-state index is 0.0627. The number of pyridine rings is 1. The summed E-state index contributed by atoms with van der Waals surface area (Å²) in [5.74, 6) is 0.687. The number of carbonyl (C=O) groups is 1. The number of carbonyl (C=O) groups excluding carboxylic acids is 1. The highest BCUT2D eigenvalue weighted by Gasteiger charge is 2.03. The Morgan fingerprint density at radius 3 is 2.24 bits per heavy atom. The maximum absolute atomic E-state index is 11.7. The minimum absolute atomic E-state index is 0.0627. The van der Waals surface area contributed by atoms with Gasteiger partial charge >= 0.3 is 0 Å². The molecule has 0 radical (unpaired) electrons. The third-order valence-electron chi connectivity index (χ3n) is 3.50. The van der Waals surface area contributed by atoms with Crippen LogP contribution in [0, 0.1) is 0 Å². The van der Waals surface area contributed by atoms with Crippen molar-refractivity contribution in [3.63, 3.8) is 0 Å². The van der Waals surface area contributed by atoms with Gasteiger partial charge in [0.2, 0.25) is 5.91 Å². The quantitative estimate of drug-likeness (QED) is 0.517. The van der Waals surface area contributed by atoms with E-state index in [2.05, 4.69) is 33.2 Å². The van der Waals surface area contributed by atoms with E-state index in [0.29, 0.717) is 12.2 Å². The standard InChI is InChI=1S/C17H27BrN2O/c1-2-3-4-5-6-7-8-9-10-11-17(21)20-16-13-12-15(18)14-19-16/h12-14H,2-11H2,1H3,(H,19,20,21). The van der Waals surface area contributed by atoms with Crippen molar-refractivity contribution in [2.45, 2.75) is 71.1 Å². The summed E-state index contributed by atoms with van der Waals surface area (Å²) in [6.07, 6.45) is 13.7. The Kier molecular flexibility index (Phi) is 10.1. The Balaban J connectivity index is 1.97. The molecule has 1 heterocycles. The van der Waals surface area contributed by atoms with Crippen molar-refractivity contribution in [2.24, 2.45) is 0 Å². The molecule has 1 N–H and O–H groups in total. The van der Waals surface area contributed by atoms with E-state index in [1.165, 1.54) is 44.9 Å². The molecule has 0 saturated carbocycles. The predicted molar refractivity (Wildman–Crippen MR) is 92.4 cm³/mol. The summed E-state index contributed by atoms with van der Waals surface area (Å²) in [6.45, 7) is 2.24. The van der Waals surface area contributed by atoms with Crippen molar-refractivity contribution >= 4 is 27.7 Å². The molecule has 0 aliphatic carbocycles. The van der Waals surface area contributed by atoms with Crippen LogP contribution in [0.4, 0.5) is 5.82 Å². The highest BCUT2D eigenvalue weighted by molar-refractivity contribution is 9.10. The first kappa shape index (κ1) is 18.1. The first-order chi connectivity index (χ1) is 10.2. The van der Waals surface area contributed by atoms with Gasteiger partial charge in [-0.25, -0.2) is 4.98 Å². The van der Waals surface area contributed by atoms with Gasteiger partial charge in [0.15, 0.2) is 0 Å². The monoisotopic (exact) mass is 354 g/mol. The Bertz CT molecular complexity index is 392. The van der Waals surface area contributed by atoms with Crippen LogP contribution in [0.25, 0.3) is 0 Å². The van der Waals surface area contributed by atoms with Crippen LogP contribution in [-0.4, -0.2) is 10.9 Å². The Morgan fingerprint density at radius 2 is 1.67 bits per heavy atom. The van der Waals surface area contributed by atoms with E-state index in [9.17, 15) is 4.79 Å². The Hall–Kier alpha value is -0.900. The maximum atomic E-state index is 11.7. The molecule has 1 aromatic rings. The first-order valence-electron chi connectivity index (χ1n) is 8.13. The normalized spacial score (nSPS) is 10.6. The lowest BCUT2D eigenvalue weighted by Crippen LogP contribution is -2.11. The summed E-state index contributed by atoms with van der Waals surface area (Å²) in [6, 6.07) is 3.68. The van der Waals surface area contributed by atoms with E-state index in [4.69, 9.17) is 0 Å². The molecule has 0 spiro atoms. The van der Waals surface area contributed by atoms with Crippen molar-refractivity contribution in [3.05, 3.63) is 22.8 Å². The smallest absolute Gasteiger partial charge is 0.225 e. The molecule has 0 aliphatic heterocycles. The van der Waals surface area contributed by atoms with Crippen LogP contribution in [0.3, 0.4) is 0 Å². The lowest BCUT2D eigenvalue weighted by Gasteiger charge is -2.04. The lowest BCUT2D eigenvalue weighted by molar-refractivity contribution is -0.116. The molecule has 0 atom stereocenters. The van der Waals surface area contributed by atoms with Gasteiger partial charge in [0, 0.05) is 17.1 Å². The van der Waals surface area contributed by atoms with Crippen molar-refractivity contribution < 1.29 is 4.79 Å². The summed E-state index contributed by atoms with van der Waals surface area (Å²) in [5, 5.41) is 2.82. The molecule has 21 heavy (non-hydrogen) atoms. The molecule has 1 rings (SSSR count). The molecule has 0 fully saturated rings. The minimum Gasteiger partial charge on any atom is -0.311 e. The van der Waals surface area contributed by atoms with E-state index in [0.717, 1.165) is 17.3 Å². The van der Waals surface area contributed by atoms with Crippen LogP contribution in [0.5, 0.6) is 0 Å². The average molecular weight is 355 g/mol. The van der Waals surface area contributed by atoms with Crippen molar-refractivity contribution in [3.8, 4) is 0 Å². The van der Waals surface area contributed by atoms with Crippen LogP contribution >= 0.6 is 15.9 Å². The van der Waals surface area contributed by atoms with Gasteiger partial charge in [0.25, 0.3) is 0 Å². The van der Waals surface area contributed by atoms with Crippen LogP contribution < -0.4 is 5.32 Å². The molecule has 0 saturated heterocycles. The summed E-state index contributed by atoms with van der Waals surface area (Å²) >= 11 is 3.32. The highest BCUT2D eigenvalue weighted by Crippen LogP contribution is 2.12. The van der Waals surface area contributed by atoms with Gasteiger partial charge in [-0.3, -0.25) is 4.79 Å². The molecule has 0 unspecified atom stereocenters. The van der Waals surface area contributed by atoms with Crippen molar-refractivity contribution in [2.75, 3.05) is 5.32 Å². The third kappa shape index (κ3) is 9.62. The zero-order valence-corrected chi connectivity index (χ0v) is 14.6. The number of nitrogens with one attached hydrogen (secondary N) is 1.